The van der Waals surface area contributed by atoms with E-state index in [0.717, 1.165) is 12.0 Å². The molecule has 0 atom stereocenters. The summed E-state index contributed by atoms with van der Waals surface area (Å²) in [6, 6.07) is 0. The summed E-state index contributed by atoms with van der Waals surface area (Å²) >= 11 is 0.951. The summed E-state index contributed by atoms with van der Waals surface area (Å²) in [4.78, 5) is 11.3. The van der Waals surface area contributed by atoms with Crippen LogP contribution in [0.5, 0.6) is 0 Å². The lowest BCUT2D eigenvalue weighted by molar-refractivity contribution is -0.118. The number of carbonyl (C=O) groups excluding carboxylic acids is 1. The highest BCUT2D eigenvalue weighted by Gasteiger charge is 2.24. The van der Waals surface area contributed by atoms with E-state index in [2.05, 4.69) is 0 Å². The molecule has 3 heteroatoms. The monoisotopic (exact) mass is 190 g/mol. The molecule has 0 aromatic heterocycles. The maximum atomic E-state index is 11.3. The standard InChI is InChI=1S/C9H18O2S/c1-8(2,3)7(10)12-11-9(4,5)6/h1-6H3. The molecule has 0 saturated carbocycles. The predicted octanol–water partition coefficient (Wildman–Crippen LogP) is 3.02. The molecule has 0 aromatic rings. The van der Waals surface area contributed by atoms with Crippen molar-refractivity contribution in [2.75, 3.05) is 0 Å². The minimum atomic E-state index is -0.323. The van der Waals surface area contributed by atoms with Crippen LogP contribution in [0.3, 0.4) is 0 Å². The molecule has 0 aliphatic heterocycles. The van der Waals surface area contributed by atoms with Crippen LogP contribution in [-0.4, -0.2) is 10.7 Å². The van der Waals surface area contributed by atoms with Crippen LogP contribution in [0.4, 0.5) is 0 Å². The van der Waals surface area contributed by atoms with Gasteiger partial charge in [0.1, 0.15) is 0 Å². The first-order valence-corrected chi connectivity index (χ1v) is 4.77. The maximum absolute atomic E-state index is 11.3. The Morgan fingerprint density at radius 1 is 1.08 bits per heavy atom. The lowest BCUT2D eigenvalue weighted by Gasteiger charge is -2.20. The SMILES string of the molecule is CC(C)(C)OSC(=O)C(C)(C)C. The van der Waals surface area contributed by atoms with Crippen LogP contribution in [-0.2, 0) is 8.98 Å². The first-order chi connectivity index (χ1) is 5.13. The van der Waals surface area contributed by atoms with Crippen LogP contribution in [0.15, 0.2) is 0 Å². The van der Waals surface area contributed by atoms with Gasteiger partial charge in [-0.1, -0.05) is 20.8 Å². The van der Waals surface area contributed by atoms with Crippen LogP contribution < -0.4 is 0 Å². The van der Waals surface area contributed by atoms with E-state index < -0.39 is 0 Å². The summed E-state index contributed by atoms with van der Waals surface area (Å²) in [6.07, 6.45) is 0. The topological polar surface area (TPSA) is 26.3 Å². The molecule has 0 aliphatic carbocycles. The summed E-state index contributed by atoms with van der Waals surface area (Å²) < 4.78 is 5.28. The first-order valence-electron chi connectivity index (χ1n) is 4.03. The van der Waals surface area contributed by atoms with Crippen molar-refractivity contribution in [2.45, 2.75) is 47.1 Å². The maximum Gasteiger partial charge on any atom is 0.220 e. The van der Waals surface area contributed by atoms with Gasteiger partial charge < -0.3 is 4.18 Å². The minimum absolute atomic E-state index is 0.0671. The zero-order valence-electron chi connectivity index (χ0n) is 8.72. The third-order valence-corrected chi connectivity index (χ3v) is 2.33. The molecule has 0 amide bonds. The van der Waals surface area contributed by atoms with Crippen LogP contribution in [0.2, 0.25) is 0 Å². The van der Waals surface area contributed by atoms with Crippen LogP contribution in [0.25, 0.3) is 0 Å². The highest BCUT2D eigenvalue weighted by atomic mass is 32.2. The van der Waals surface area contributed by atoms with Crippen molar-refractivity contribution < 1.29 is 8.98 Å². The summed E-state index contributed by atoms with van der Waals surface area (Å²) in [5.41, 5.74) is -0.582. The fraction of sp³-hybridized carbons (Fsp3) is 0.889. The van der Waals surface area contributed by atoms with E-state index in [1.807, 2.05) is 41.5 Å². The highest BCUT2D eigenvalue weighted by Crippen LogP contribution is 2.26. The van der Waals surface area contributed by atoms with Gasteiger partial charge in [0.05, 0.1) is 17.6 Å². The van der Waals surface area contributed by atoms with Crippen molar-refractivity contribution in [1.29, 1.82) is 0 Å². The molecule has 0 unspecified atom stereocenters. The second-order valence-corrected chi connectivity index (χ2v) is 5.52. The normalized spacial score (nSPS) is 13.2. The molecule has 2 nitrogen and oxygen atoms in total. The molecular formula is C9H18O2S. The molecule has 0 rings (SSSR count). The van der Waals surface area contributed by atoms with Gasteiger partial charge in [0.25, 0.3) is 0 Å². The van der Waals surface area contributed by atoms with Gasteiger partial charge in [0.15, 0.2) is 0 Å². The Morgan fingerprint density at radius 2 is 1.50 bits per heavy atom. The van der Waals surface area contributed by atoms with E-state index in [4.69, 9.17) is 4.18 Å². The molecule has 0 N–H and O–H groups in total. The van der Waals surface area contributed by atoms with E-state index in [-0.39, 0.29) is 16.1 Å². The molecule has 0 radical (unpaired) electrons. The second-order valence-electron chi connectivity index (χ2n) is 4.82. The summed E-state index contributed by atoms with van der Waals surface area (Å²) in [7, 11) is 0. The van der Waals surface area contributed by atoms with Crippen molar-refractivity contribution in [3.63, 3.8) is 0 Å². The van der Waals surface area contributed by atoms with Gasteiger partial charge in [-0.2, -0.15) is 0 Å². The molecule has 0 saturated heterocycles. The molecule has 0 heterocycles. The number of hydrogen-bond acceptors (Lipinski definition) is 3. The quantitative estimate of drug-likeness (QED) is 0.594. The Kier molecular flexibility index (Phi) is 3.79. The smallest absolute Gasteiger partial charge is 0.220 e. The highest BCUT2D eigenvalue weighted by molar-refractivity contribution is 8.09. The molecule has 0 aromatic carbocycles. The van der Waals surface area contributed by atoms with Crippen molar-refractivity contribution >= 4 is 17.2 Å². The van der Waals surface area contributed by atoms with Gasteiger partial charge in [0.2, 0.25) is 5.12 Å². The average Bonchev–Trinajstić information content (AvgIpc) is 1.78. The molecular weight excluding hydrogens is 172 g/mol. The van der Waals surface area contributed by atoms with Crippen LogP contribution >= 0.6 is 12.0 Å². The lowest BCUT2D eigenvalue weighted by atomic mass is 10.00. The Morgan fingerprint density at radius 3 is 1.75 bits per heavy atom. The van der Waals surface area contributed by atoms with Gasteiger partial charge in [-0.25, -0.2) is 0 Å². The second kappa shape index (κ2) is 3.79. The molecule has 0 fully saturated rings. The van der Waals surface area contributed by atoms with Crippen molar-refractivity contribution in [3.8, 4) is 0 Å². The number of carbonyl (C=O) groups is 1. The Bertz CT molecular complexity index is 162. The molecule has 72 valence electrons. The fourth-order valence-corrected chi connectivity index (χ4v) is 0.864. The number of hydrogen-bond donors (Lipinski definition) is 0. The van der Waals surface area contributed by atoms with Gasteiger partial charge in [-0.3, -0.25) is 4.79 Å². The molecule has 12 heavy (non-hydrogen) atoms. The summed E-state index contributed by atoms with van der Waals surface area (Å²) in [5, 5.41) is 0.0671. The lowest BCUT2D eigenvalue weighted by Crippen LogP contribution is -2.21. The largest absolute Gasteiger partial charge is 0.302 e. The van der Waals surface area contributed by atoms with Gasteiger partial charge in [0, 0.05) is 5.41 Å². The van der Waals surface area contributed by atoms with E-state index in [9.17, 15) is 4.79 Å². The zero-order chi connectivity index (χ0) is 9.99. The van der Waals surface area contributed by atoms with E-state index in [0.29, 0.717) is 0 Å². The predicted molar refractivity (Wildman–Crippen MR) is 52.9 cm³/mol. The van der Waals surface area contributed by atoms with Gasteiger partial charge >= 0.3 is 0 Å². The minimum Gasteiger partial charge on any atom is -0.302 e. The van der Waals surface area contributed by atoms with Crippen molar-refractivity contribution in [3.05, 3.63) is 0 Å². The first kappa shape index (κ1) is 12.0. The van der Waals surface area contributed by atoms with Gasteiger partial charge in [-0.15, -0.1) is 0 Å². The van der Waals surface area contributed by atoms with E-state index >= 15 is 0 Å². The van der Waals surface area contributed by atoms with E-state index in [1.54, 1.807) is 0 Å². The summed E-state index contributed by atoms with van der Waals surface area (Å²) in [6.45, 7) is 11.4. The van der Waals surface area contributed by atoms with Crippen LogP contribution in [0.1, 0.15) is 41.5 Å². The average molecular weight is 190 g/mol. The zero-order valence-corrected chi connectivity index (χ0v) is 9.54. The number of rotatable bonds is 1. The Hall–Kier alpha value is -0.0200. The van der Waals surface area contributed by atoms with Crippen LogP contribution in [0, 0.1) is 5.41 Å². The van der Waals surface area contributed by atoms with E-state index in [1.165, 1.54) is 0 Å². The molecule has 0 aliphatic rings. The third kappa shape index (κ3) is 5.61. The Balaban J connectivity index is 3.90. The third-order valence-electron chi connectivity index (χ3n) is 0.980. The van der Waals surface area contributed by atoms with Gasteiger partial charge in [-0.05, 0) is 20.8 Å². The molecule has 0 spiro atoms. The fourth-order valence-electron chi connectivity index (χ4n) is 0.288. The summed E-state index contributed by atoms with van der Waals surface area (Å²) in [5.74, 6) is 0. The van der Waals surface area contributed by atoms with Crippen molar-refractivity contribution in [1.82, 2.24) is 0 Å². The molecule has 0 bridgehead atoms. The Labute approximate surface area is 79.3 Å². The van der Waals surface area contributed by atoms with Crippen molar-refractivity contribution in [2.24, 2.45) is 5.41 Å².